The summed E-state index contributed by atoms with van der Waals surface area (Å²) in [5, 5.41) is 5.82. The van der Waals surface area contributed by atoms with Crippen molar-refractivity contribution in [3.05, 3.63) is 53.6 Å². The smallest absolute Gasteiger partial charge is 0.262 e. The Kier molecular flexibility index (Phi) is 5.84. The van der Waals surface area contributed by atoms with E-state index in [2.05, 4.69) is 22.8 Å². The third-order valence-corrected chi connectivity index (χ3v) is 8.52. The number of nitrogens with one attached hydrogen (secondary N) is 2. The van der Waals surface area contributed by atoms with Gasteiger partial charge < -0.3 is 15.4 Å². The van der Waals surface area contributed by atoms with Gasteiger partial charge >= 0.3 is 0 Å². The second-order valence-electron chi connectivity index (χ2n) is 8.85. The van der Waals surface area contributed by atoms with Crippen molar-refractivity contribution in [3.63, 3.8) is 0 Å². The van der Waals surface area contributed by atoms with Crippen molar-refractivity contribution < 1.29 is 22.7 Å². The number of anilines is 1. The summed E-state index contributed by atoms with van der Waals surface area (Å²) < 4.78 is 33.3. The molecule has 9 heteroatoms. The third kappa shape index (κ3) is 4.35. The molecule has 33 heavy (non-hydrogen) atoms. The number of nitrogens with zero attached hydrogens (tertiary/aromatic N) is 1. The van der Waals surface area contributed by atoms with Crippen LogP contribution in [0.15, 0.2) is 47.4 Å². The lowest BCUT2D eigenvalue weighted by molar-refractivity contribution is -0.127. The summed E-state index contributed by atoms with van der Waals surface area (Å²) in [6.45, 7) is 0.411. The number of ether oxygens (including phenoxy) is 1. The topological polar surface area (TPSA) is 105 Å². The Balaban J connectivity index is 1.30. The van der Waals surface area contributed by atoms with Gasteiger partial charge in [0.05, 0.1) is 22.5 Å². The Bertz CT molecular complexity index is 1200. The van der Waals surface area contributed by atoms with Crippen LogP contribution in [0.1, 0.15) is 42.9 Å². The maximum absolute atomic E-state index is 13.3. The number of hydrogen-bond donors (Lipinski definition) is 2. The third-order valence-electron chi connectivity index (χ3n) is 6.66. The van der Waals surface area contributed by atoms with Crippen molar-refractivity contribution in [1.29, 1.82) is 0 Å². The summed E-state index contributed by atoms with van der Waals surface area (Å²) in [6, 6.07) is 12.6. The van der Waals surface area contributed by atoms with Crippen molar-refractivity contribution in [2.75, 3.05) is 25.0 Å². The highest BCUT2D eigenvalue weighted by Crippen LogP contribution is 2.33. The first-order valence-electron chi connectivity index (χ1n) is 11.4. The van der Waals surface area contributed by atoms with Crippen LogP contribution >= 0.6 is 0 Å². The first-order valence-corrected chi connectivity index (χ1v) is 12.8. The molecule has 2 aromatic carbocycles. The number of aryl methyl sites for hydroxylation is 1. The van der Waals surface area contributed by atoms with E-state index in [0.29, 0.717) is 30.8 Å². The Morgan fingerprint density at radius 1 is 1.12 bits per heavy atom. The van der Waals surface area contributed by atoms with Crippen molar-refractivity contribution in [1.82, 2.24) is 9.62 Å². The second-order valence-corrected chi connectivity index (χ2v) is 10.8. The van der Waals surface area contributed by atoms with Gasteiger partial charge in [-0.15, -0.1) is 0 Å². The van der Waals surface area contributed by atoms with Crippen molar-refractivity contribution in [3.8, 4) is 5.75 Å². The van der Waals surface area contributed by atoms with Gasteiger partial charge in [-0.1, -0.05) is 24.3 Å². The standard InChI is InChI=1S/C24H27N3O5S/c28-23-15-32-22-11-10-18(13-21(22)25-23)33(30,31)27-12-4-7-17(14-27)24(29)26-20-9-3-6-16-5-1-2-8-19(16)20/h1-2,5,8,10-11,13,17,20H,3-4,6-7,9,12,14-15H2,(H,25,28)(H,26,29)/t17-,20-/m0/s1. The van der Waals surface area contributed by atoms with E-state index in [1.165, 1.54) is 22.0 Å². The van der Waals surface area contributed by atoms with Gasteiger partial charge in [0.25, 0.3) is 5.91 Å². The van der Waals surface area contributed by atoms with E-state index < -0.39 is 15.9 Å². The molecule has 2 atom stereocenters. The summed E-state index contributed by atoms with van der Waals surface area (Å²) in [5.74, 6) is -0.376. The van der Waals surface area contributed by atoms with Crippen molar-refractivity contribution >= 4 is 27.5 Å². The molecule has 2 N–H and O–H groups in total. The van der Waals surface area contributed by atoms with Gasteiger partial charge in [-0.3, -0.25) is 9.59 Å². The summed E-state index contributed by atoms with van der Waals surface area (Å²) in [7, 11) is -3.81. The zero-order valence-electron chi connectivity index (χ0n) is 18.2. The van der Waals surface area contributed by atoms with E-state index in [0.717, 1.165) is 24.8 Å². The minimum absolute atomic E-state index is 0.0290. The molecule has 2 amide bonds. The van der Waals surface area contributed by atoms with Crippen LogP contribution in [0.25, 0.3) is 0 Å². The van der Waals surface area contributed by atoms with E-state index in [9.17, 15) is 18.0 Å². The van der Waals surface area contributed by atoms with Crippen LogP contribution < -0.4 is 15.4 Å². The molecule has 0 aromatic heterocycles. The van der Waals surface area contributed by atoms with Crippen LogP contribution in [0.5, 0.6) is 5.75 Å². The number of piperidine rings is 1. The van der Waals surface area contributed by atoms with Gasteiger partial charge in [-0.05, 0) is 61.4 Å². The molecule has 0 spiro atoms. The quantitative estimate of drug-likeness (QED) is 0.716. The summed E-state index contributed by atoms with van der Waals surface area (Å²) >= 11 is 0. The molecule has 5 rings (SSSR count). The molecule has 1 fully saturated rings. The average molecular weight is 470 g/mol. The highest BCUT2D eigenvalue weighted by Gasteiger charge is 2.35. The zero-order chi connectivity index (χ0) is 23.0. The lowest BCUT2D eigenvalue weighted by Crippen LogP contribution is -2.46. The predicted octanol–water partition coefficient (Wildman–Crippen LogP) is 2.61. The van der Waals surface area contributed by atoms with Gasteiger partial charge in [0.15, 0.2) is 6.61 Å². The van der Waals surface area contributed by atoms with Crippen molar-refractivity contribution in [2.45, 2.75) is 43.0 Å². The van der Waals surface area contributed by atoms with E-state index >= 15 is 0 Å². The molecular weight excluding hydrogens is 442 g/mol. The van der Waals surface area contributed by atoms with Crippen LogP contribution in [0.2, 0.25) is 0 Å². The Hall–Kier alpha value is -2.91. The number of hydrogen-bond acceptors (Lipinski definition) is 5. The summed E-state index contributed by atoms with van der Waals surface area (Å²) in [4.78, 5) is 24.8. The molecule has 0 radical (unpaired) electrons. The first-order chi connectivity index (χ1) is 15.9. The summed E-state index contributed by atoms with van der Waals surface area (Å²) in [6.07, 6.45) is 4.19. The molecule has 1 saturated heterocycles. The number of amides is 2. The molecule has 2 aromatic rings. The molecular formula is C24H27N3O5S. The molecule has 0 bridgehead atoms. The number of rotatable bonds is 4. The Morgan fingerprint density at radius 3 is 2.85 bits per heavy atom. The number of carbonyl (C=O) groups is 2. The molecule has 2 aliphatic heterocycles. The maximum atomic E-state index is 13.3. The van der Waals surface area contributed by atoms with Gasteiger partial charge in [-0.25, -0.2) is 8.42 Å². The molecule has 0 saturated carbocycles. The monoisotopic (exact) mass is 469 g/mol. The zero-order valence-corrected chi connectivity index (χ0v) is 19.1. The first kappa shape index (κ1) is 21.9. The fourth-order valence-corrected chi connectivity index (χ4v) is 6.49. The normalized spacial score (nSPS) is 23.0. The SMILES string of the molecule is O=C1COc2ccc(S(=O)(=O)N3CCC[C@H](C(=O)N[C@H]4CCCc5ccccc54)C3)cc2N1. The van der Waals surface area contributed by atoms with E-state index in [4.69, 9.17) is 4.74 Å². The van der Waals surface area contributed by atoms with Crippen LogP contribution in [-0.4, -0.2) is 44.2 Å². The fourth-order valence-electron chi connectivity index (χ4n) is 4.94. The fraction of sp³-hybridized carbons (Fsp3) is 0.417. The Labute approximate surface area is 193 Å². The molecule has 0 unspecified atom stereocenters. The second kappa shape index (κ2) is 8.79. The van der Waals surface area contributed by atoms with Crippen LogP contribution in [-0.2, 0) is 26.0 Å². The lowest BCUT2D eigenvalue weighted by atomic mass is 9.87. The minimum atomic E-state index is -3.81. The highest BCUT2D eigenvalue weighted by molar-refractivity contribution is 7.89. The largest absolute Gasteiger partial charge is 0.482 e. The molecule has 174 valence electrons. The van der Waals surface area contributed by atoms with Crippen LogP contribution in [0.4, 0.5) is 5.69 Å². The predicted molar refractivity (Wildman–Crippen MR) is 122 cm³/mol. The highest BCUT2D eigenvalue weighted by atomic mass is 32.2. The Morgan fingerprint density at radius 2 is 1.97 bits per heavy atom. The molecule has 1 aliphatic carbocycles. The van der Waals surface area contributed by atoms with Crippen LogP contribution in [0.3, 0.4) is 0 Å². The number of fused-ring (bicyclic) bond motifs is 2. The van der Waals surface area contributed by atoms with Gasteiger partial charge in [0, 0.05) is 13.1 Å². The van der Waals surface area contributed by atoms with Gasteiger partial charge in [0.2, 0.25) is 15.9 Å². The number of benzene rings is 2. The maximum Gasteiger partial charge on any atom is 0.262 e. The minimum Gasteiger partial charge on any atom is -0.482 e. The number of carbonyl (C=O) groups excluding carboxylic acids is 2. The van der Waals surface area contributed by atoms with Gasteiger partial charge in [-0.2, -0.15) is 4.31 Å². The van der Waals surface area contributed by atoms with E-state index in [1.807, 2.05) is 12.1 Å². The molecule has 2 heterocycles. The molecule has 3 aliphatic rings. The van der Waals surface area contributed by atoms with Crippen LogP contribution in [0, 0.1) is 5.92 Å². The van der Waals surface area contributed by atoms with E-state index in [-0.39, 0.29) is 35.9 Å². The van der Waals surface area contributed by atoms with E-state index in [1.54, 1.807) is 6.07 Å². The summed E-state index contributed by atoms with van der Waals surface area (Å²) in [5.41, 5.74) is 2.77. The van der Waals surface area contributed by atoms with Crippen molar-refractivity contribution in [2.24, 2.45) is 5.92 Å². The molecule has 8 nitrogen and oxygen atoms in total. The number of sulfonamides is 1. The lowest BCUT2D eigenvalue weighted by Gasteiger charge is -2.33. The van der Waals surface area contributed by atoms with Gasteiger partial charge in [0.1, 0.15) is 5.75 Å². The average Bonchev–Trinajstić information content (AvgIpc) is 2.84.